The van der Waals surface area contributed by atoms with Crippen molar-refractivity contribution in [1.29, 1.82) is 0 Å². The Balaban J connectivity index is 0.00000364. The molecule has 1 aliphatic heterocycles. The minimum atomic E-state index is -3.60. The van der Waals surface area contributed by atoms with Crippen LogP contribution in [-0.2, 0) is 29.7 Å². The summed E-state index contributed by atoms with van der Waals surface area (Å²) in [5.74, 6) is -1.03. The van der Waals surface area contributed by atoms with Crippen LogP contribution in [0.15, 0.2) is 12.4 Å². The lowest BCUT2D eigenvalue weighted by Gasteiger charge is -2.34. The highest BCUT2D eigenvalue weighted by molar-refractivity contribution is 7.92. The molecule has 1 aliphatic rings. The number of amides is 1. The SMILES string of the molecule is CCOC(=O)C(C)(C)n1cc(NC(=O)C2(S(C)(=O)=O)CCNCC2)cn1.Cl. The molecule has 0 spiro atoms. The van der Waals surface area contributed by atoms with E-state index < -0.39 is 32.0 Å². The normalized spacial score (nSPS) is 16.9. The largest absolute Gasteiger partial charge is 0.464 e. The van der Waals surface area contributed by atoms with Crippen LogP contribution in [0.2, 0.25) is 0 Å². The van der Waals surface area contributed by atoms with E-state index in [0.29, 0.717) is 18.8 Å². The maximum atomic E-state index is 12.8. The van der Waals surface area contributed by atoms with E-state index in [4.69, 9.17) is 4.74 Å². The van der Waals surface area contributed by atoms with Crippen LogP contribution in [0.4, 0.5) is 5.69 Å². The van der Waals surface area contributed by atoms with Crippen molar-refractivity contribution in [2.24, 2.45) is 0 Å². The summed E-state index contributed by atoms with van der Waals surface area (Å²) >= 11 is 0. The van der Waals surface area contributed by atoms with E-state index in [1.54, 1.807) is 20.8 Å². The number of ether oxygens (including phenoxy) is 1. The summed E-state index contributed by atoms with van der Waals surface area (Å²) in [5.41, 5.74) is -0.726. The van der Waals surface area contributed by atoms with Crippen molar-refractivity contribution >= 4 is 39.8 Å². The molecule has 2 N–H and O–H groups in total. The van der Waals surface area contributed by atoms with Crippen molar-refractivity contribution in [1.82, 2.24) is 15.1 Å². The van der Waals surface area contributed by atoms with Gasteiger partial charge in [0.05, 0.1) is 18.5 Å². The van der Waals surface area contributed by atoms with Gasteiger partial charge in [-0.25, -0.2) is 13.2 Å². The number of aromatic nitrogens is 2. The van der Waals surface area contributed by atoms with Crippen molar-refractivity contribution in [3.8, 4) is 0 Å². The Morgan fingerprint density at radius 3 is 2.48 bits per heavy atom. The van der Waals surface area contributed by atoms with Crippen LogP contribution in [0.5, 0.6) is 0 Å². The van der Waals surface area contributed by atoms with Gasteiger partial charge in [-0.3, -0.25) is 9.48 Å². The third kappa shape index (κ3) is 4.61. The van der Waals surface area contributed by atoms with Crippen LogP contribution in [-0.4, -0.2) is 60.8 Å². The zero-order valence-electron chi connectivity index (χ0n) is 15.9. The molecule has 9 nitrogen and oxygen atoms in total. The lowest BCUT2D eigenvalue weighted by molar-refractivity contribution is -0.152. The quantitative estimate of drug-likeness (QED) is 0.647. The first-order valence-corrected chi connectivity index (χ1v) is 10.4. The standard InChI is InChI=1S/C16H26N4O5S.ClH/c1-5-25-14(22)15(2,3)20-11-12(10-18-20)19-13(21)16(26(4,23)24)6-8-17-9-7-16;/h10-11,17H,5-9H2,1-4H3,(H,19,21);1H. The number of anilines is 1. The third-order valence-corrected chi connectivity index (χ3v) is 6.74. The molecule has 2 heterocycles. The summed E-state index contributed by atoms with van der Waals surface area (Å²) in [6, 6.07) is 0. The van der Waals surface area contributed by atoms with Crippen molar-refractivity contribution in [2.45, 2.75) is 43.9 Å². The van der Waals surface area contributed by atoms with Gasteiger partial charge in [0, 0.05) is 12.5 Å². The summed E-state index contributed by atoms with van der Waals surface area (Å²) in [6.07, 6.45) is 4.38. The van der Waals surface area contributed by atoms with Gasteiger partial charge in [-0.1, -0.05) is 0 Å². The van der Waals surface area contributed by atoms with Crippen LogP contribution in [0.3, 0.4) is 0 Å². The number of halogens is 1. The number of nitrogens with one attached hydrogen (secondary N) is 2. The monoisotopic (exact) mass is 422 g/mol. The number of carbonyl (C=O) groups is 2. The molecule has 1 saturated heterocycles. The molecule has 0 aromatic carbocycles. The van der Waals surface area contributed by atoms with E-state index in [2.05, 4.69) is 15.7 Å². The fourth-order valence-corrected chi connectivity index (χ4v) is 4.27. The van der Waals surface area contributed by atoms with Crippen molar-refractivity contribution < 1.29 is 22.7 Å². The van der Waals surface area contributed by atoms with Crippen LogP contribution >= 0.6 is 12.4 Å². The van der Waals surface area contributed by atoms with Gasteiger partial charge in [0.15, 0.2) is 20.1 Å². The predicted molar refractivity (Wildman–Crippen MR) is 104 cm³/mol. The lowest BCUT2D eigenvalue weighted by Crippen LogP contribution is -2.55. The summed E-state index contributed by atoms with van der Waals surface area (Å²) < 4.78 is 29.5. The Hall–Kier alpha value is -1.65. The second kappa shape index (κ2) is 8.57. The molecule has 1 fully saturated rings. The maximum Gasteiger partial charge on any atom is 0.333 e. The first-order chi connectivity index (χ1) is 12.0. The third-order valence-electron chi connectivity index (χ3n) is 4.72. The molecular weight excluding hydrogens is 396 g/mol. The van der Waals surface area contributed by atoms with Gasteiger partial charge in [-0.2, -0.15) is 5.10 Å². The number of carbonyl (C=O) groups excluding carboxylic acids is 2. The van der Waals surface area contributed by atoms with Gasteiger partial charge in [0.1, 0.15) is 0 Å². The van der Waals surface area contributed by atoms with Gasteiger partial charge in [0.2, 0.25) is 5.91 Å². The van der Waals surface area contributed by atoms with Gasteiger partial charge < -0.3 is 15.4 Å². The van der Waals surface area contributed by atoms with Gasteiger partial charge >= 0.3 is 5.97 Å². The summed E-state index contributed by atoms with van der Waals surface area (Å²) in [7, 11) is -3.60. The van der Waals surface area contributed by atoms with Gasteiger partial charge in [0.25, 0.3) is 0 Å². The molecule has 0 unspecified atom stereocenters. The van der Waals surface area contributed by atoms with E-state index >= 15 is 0 Å². The fourth-order valence-electron chi connectivity index (χ4n) is 2.94. The molecule has 154 valence electrons. The number of hydrogen-bond donors (Lipinski definition) is 2. The Morgan fingerprint density at radius 2 is 1.96 bits per heavy atom. The molecular formula is C16H27ClN4O5S. The molecule has 1 aromatic rings. The first-order valence-electron chi connectivity index (χ1n) is 8.49. The van der Waals surface area contributed by atoms with Crippen molar-refractivity contribution in [3.63, 3.8) is 0 Å². The second-order valence-corrected chi connectivity index (χ2v) is 9.25. The Bertz CT molecular complexity index is 784. The zero-order valence-corrected chi connectivity index (χ0v) is 17.6. The highest BCUT2D eigenvalue weighted by atomic mass is 35.5. The predicted octanol–water partition coefficient (Wildman–Crippen LogP) is 0.708. The summed E-state index contributed by atoms with van der Waals surface area (Å²) in [6.45, 7) is 6.17. The second-order valence-electron chi connectivity index (χ2n) is 6.92. The highest BCUT2D eigenvalue weighted by Gasteiger charge is 2.48. The van der Waals surface area contributed by atoms with E-state index in [1.807, 2.05) is 0 Å². The fraction of sp³-hybridized carbons (Fsp3) is 0.688. The summed E-state index contributed by atoms with van der Waals surface area (Å²) in [4.78, 5) is 24.9. The number of esters is 1. The molecule has 0 saturated carbocycles. The van der Waals surface area contributed by atoms with Crippen LogP contribution in [0.1, 0.15) is 33.6 Å². The minimum absolute atomic E-state index is 0. The van der Waals surface area contributed by atoms with E-state index in [-0.39, 0.29) is 31.9 Å². The topological polar surface area (TPSA) is 119 Å². The Labute approximate surface area is 165 Å². The van der Waals surface area contributed by atoms with E-state index in [9.17, 15) is 18.0 Å². The molecule has 2 rings (SSSR count). The smallest absolute Gasteiger partial charge is 0.333 e. The molecule has 1 aromatic heterocycles. The van der Waals surface area contributed by atoms with Crippen LogP contribution in [0.25, 0.3) is 0 Å². The number of piperidine rings is 1. The van der Waals surface area contributed by atoms with Crippen LogP contribution in [0, 0.1) is 0 Å². The number of rotatable bonds is 6. The summed E-state index contributed by atoms with van der Waals surface area (Å²) in [5, 5.41) is 9.82. The first kappa shape index (κ1) is 23.4. The molecule has 0 aliphatic carbocycles. The lowest BCUT2D eigenvalue weighted by atomic mass is 9.96. The van der Waals surface area contributed by atoms with Crippen LogP contribution < -0.4 is 10.6 Å². The molecule has 0 radical (unpaired) electrons. The average Bonchev–Trinajstić information content (AvgIpc) is 3.04. The minimum Gasteiger partial charge on any atom is -0.464 e. The molecule has 1 amide bonds. The van der Waals surface area contributed by atoms with E-state index in [1.165, 1.54) is 17.1 Å². The Kier molecular flexibility index (Phi) is 7.43. The molecule has 0 atom stereocenters. The van der Waals surface area contributed by atoms with Gasteiger partial charge in [-0.15, -0.1) is 12.4 Å². The van der Waals surface area contributed by atoms with Crippen molar-refractivity contribution in [3.05, 3.63) is 12.4 Å². The molecule has 27 heavy (non-hydrogen) atoms. The zero-order chi connectivity index (χ0) is 19.6. The average molecular weight is 423 g/mol. The molecule has 11 heteroatoms. The van der Waals surface area contributed by atoms with Gasteiger partial charge in [-0.05, 0) is 46.7 Å². The Morgan fingerprint density at radius 1 is 1.37 bits per heavy atom. The number of sulfone groups is 1. The maximum absolute atomic E-state index is 12.8. The van der Waals surface area contributed by atoms with E-state index in [0.717, 1.165) is 6.26 Å². The number of nitrogens with zero attached hydrogens (tertiary/aromatic N) is 2. The number of hydrogen-bond acceptors (Lipinski definition) is 7. The van der Waals surface area contributed by atoms with Crippen molar-refractivity contribution in [2.75, 3.05) is 31.3 Å². The highest BCUT2D eigenvalue weighted by Crippen LogP contribution is 2.29. The molecule has 0 bridgehead atoms.